The molecule has 0 saturated carbocycles. The topological polar surface area (TPSA) is 237 Å². The van der Waals surface area contributed by atoms with Gasteiger partial charge in [-0.3, -0.25) is 37.3 Å². The summed E-state index contributed by atoms with van der Waals surface area (Å²) in [5, 5.41) is 10.6. The van der Waals surface area contributed by atoms with Crippen LogP contribution in [-0.2, 0) is 65.4 Å². The highest BCUT2D eigenvalue weighted by atomic mass is 31.2. The van der Waals surface area contributed by atoms with Crippen LogP contribution in [0.3, 0.4) is 0 Å². The minimum Gasteiger partial charge on any atom is -0.462 e. The fourth-order valence-corrected chi connectivity index (χ4v) is 13.3. The molecule has 0 spiro atoms. The van der Waals surface area contributed by atoms with Gasteiger partial charge in [-0.2, -0.15) is 0 Å². The van der Waals surface area contributed by atoms with Crippen molar-refractivity contribution in [3.63, 3.8) is 0 Å². The van der Waals surface area contributed by atoms with Crippen molar-refractivity contribution in [2.24, 2.45) is 17.8 Å². The lowest BCUT2D eigenvalue weighted by atomic mass is 9.99. The third-order valence-electron chi connectivity index (χ3n) is 18.2. The zero-order valence-electron chi connectivity index (χ0n) is 62.8. The normalized spacial score (nSPS) is 14.3. The number of hydrogen-bond donors (Lipinski definition) is 3. The lowest BCUT2D eigenvalue weighted by Gasteiger charge is -2.21. The molecular formula is C77H150O17P2. The first-order valence-corrected chi connectivity index (χ1v) is 42.9. The van der Waals surface area contributed by atoms with Gasteiger partial charge in [-0.15, -0.1) is 0 Å². The summed E-state index contributed by atoms with van der Waals surface area (Å²) in [6.07, 6.45) is 54.4. The number of aliphatic hydroxyl groups is 1. The number of unbranched alkanes of at least 4 members (excludes halogenated alkanes) is 42. The molecule has 0 saturated heterocycles. The van der Waals surface area contributed by atoms with Crippen molar-refractivity contribution in [2.75, 3.05) is 39.6 Å². The minimum absolute atomic E-state index is 0.103. The maximum absolute atomic E-state index is 13.1. The van der Waals surface area contributed by atoms with Gasteiger partial charge in [-0.05, 0) is 43.4 Å². The van der Waals surface area contributed by atoms with E-state index in [9.17, 15) is 43.2 Å². The first kappa shape index (κ1) is 94.1. The van der Waals surface area contributed by atoms with E-state index in [2.05, 4.69) is 48.5 Å². The Kier molecular flexibility index (Phi) is 66.2. The Labute approximate surface area is 588 Å². The number of phosphoric acid groups is 2. The van der Waals surface area contributed by atoms with Crippen LogP contribution in [0.25, 0.3) is 0 Å². The van der Waals surface area contributed by atoms with E-state index in [-0.39, 0.29) is 25.7 Å². The van der Waals surface area contributed by atoms with Crippen molar-refractivity contribution < 1.29 is 80.2 Å². The van der Waals surface area contributed by atoms with Crippen molar-refractivity contribution in [1.82, 2.24) is 0 Å². The Bertz CT molecular complexity index is 1870. The van der Waals surface area contributed by atoms with Crippen LogP contribution in [0.5, 0.6) is 0 Å². The SMILES string of the molecule is CCCCCCCCCCC(=O)OC[C@H](COP(=O)(O)OC[C@H](O)COP(=O)(O)OC[C@@H](COC(=O)CCCCCCCCCCCCCCCC(C)C)OC(=O)CCCCCCCCCCCCCCCCCCCCC(C)CC)OC(=O)CCCCCCCCCC(C)C. The quantitative estimate of drug-likeness (QED) is 0.0222. The van der Waals surface area contributed by atoms with Crippen molar-refractivity contribution >= 4 is 39.5 Å². The van der Waals surface area contributed by atoms with Gasteiger partial charge < -0.3 is 33.8 Å². The molecule has 3 unspecified atom stereocenters. The number of ether oxygens (including phenoxy) is 4. The Morgan fingerprint density at radius 1 is 0.302 bits per heavy atom. The largest absolute Gasteiger partial charge is 0.472 e. The molecule has 0 aliphatic rings. The van der Waals surface area contributed by atoms with Gasteiger partial charge in [0.2, 0.25) is 0 Å². The maximum atomic E-state index is 13.1. The molecule has 570 valence electrons. The highest BCUT2D eigenvalue weighted by molar-refractivity contribution is 7.47. The van der Waals surface area contributed by atoms with Crippen molar-refractivity contribution in [3.8, 4) is 0 Å². The molecule has 17 nitrogen and oxygen atoms in total. The monoisotopic (exact) mass is 1410 g/mol. The van der Waals surface area contributed by atoms with Crippen LogP contribution >= 0.6 is 15.6 Å². The molecule has 0 bridgehead atoms. The zero-order chi connectivity index (χ0) is 70.9. The van der Waals surface area contributed by atoms with E-state index >= 15 is 0 Å². The minimum atomic E-state index is -4.96. The van der Waals surface area contributed by atoms with E-state index in [1.54, 1.807) is 0 Å². The van der Waals surface area contributed by atoms with Crippen LogP contribution in [-0.4, -0.2) is 96.7 Å². The van der Waals surface area contributed by atoms with Gasteiger partial charge in [0.1, 0.15) is 19.3 Å². The summed E-state index contributed by atoms with van der Waals surface area (Å²) in [7, 11) is -9.91. The van der Waals surface area contributed by atoms with Crippen LogP contribution in [0.2, 0.25) is 0 Å². The van der Waals surface area contributed by atoms with E-state index in [1.807, 2.05) is 0 Å². The number of aliphatic hydroxyl groups excluding tert-OH is 1. The number of carbonyl (C=O) groups excluding carboxylic acids is 4. The molecule has 0 aromatic heterocycles. The highest BCUT2D eigenvalue weighted by Crippen LogP contribution is 2.45. The molecule has 0 radical (unpaired) electrons. The molecule has 0 aliphatic heterocycles. The van der Waals surface area contributed by atoms with Crippen molar-refractivity contribution in [1.29, 1.82) is 0 Å². The molecule has 0 heterocycles. The molecule has 0 aromatic carbocycles. The fraction of sp³-hybridized carbons (Fsp3) is 0.948. The summed E-state index contributed by atoms with van der Waals surface area (Å²) in [5.41, 5.74) is 0. The Hall–Kier alpha value is -1.94. The standard InChI is InChI=1S/C77H150O17P2/c1-8-10-11-12-13-37-44-51-58-74(79)87-64-73(94-77(82)61-54-47-40-33-35-42-49-56-69(5)6)67-92-96(85,86)90-63-71(78)62-89-95(83,84)91-66-72(65-88-75(80)59-52-45-38-31-27-24-20-21-25-29-34-41-48-55-68(3)4)93-76(81)60-53-46-39-32-28-23-19-17-15-14-16-18-22-26-30-36-43-50-57-70(7)9-2/h68-73,78H,8-67H2,1-7H3,(H,83,84)(H,85,86)/t70?,71-,72-,73-/m1/s1. The Morgan fingerprint density at radius 3 is 0.792 bits per heavy atom. The average molecular weight is 1410 g/mol. The summed E-state index contributed by atoms with van der Waals surface area (Å²) in [5.74, 6) is 0.236. The van der Waals surface area contributed by atoms with Crippen LogP contribution in [0.1, 0.15) is 395 Å². The van der Waals surface area contributed by atoms with Gasteiger partial charge in [-0.1, -0.05) is 344 Å². The molecule has 3 N–H and O–H groups in total. The lowest BCUT2D eigenvalue weighted by molar-refractivity contribution is -0.161. The number of rotatable bonds is 75. The van der Waals surface area contributed by atoms with E-state index in [0.29, 0.717) is 31.6 Å². The van der Waals surface area contributed by atoms with E-state index in [4.69, 9.17) is 37.0 Å². The van der Waals surface area contributed by atoms with Gasteiger partial charge in [0.15, 0.2) is 12.2 Å². The Morgan fingerprint density at radius 2 is 0.531 bits per heavy atom. The van der Waals surface area contributed by atoms with Gasteiger partial charge in [-0.25, -0.2) is 9.13 Å². The number of carbonyl (C=O) groups is 4. The number of hydrogen-bond acceptors (Lipinski definition) is 15. The summed E-state index contributed by atoms with van der Waals surface area (Å²) >= 11 is 0. The molecule has 0 amide bonds. The van der Waals surface area contributed by atoms with Crippen LogP contribution in [0, 0.1) is 17.8 Å². The molecular weight excluding hydrogens is 1260 g/mol. The molecule has 96 heavy (non-hydrogen) atoms. The lowest BCUT2D eigenvalue weighted by Crippen LogP contribution is -2.30. The summed E-state index contributed by atoms with van der Waals surface area (Å²) in [6, 6.07) is 0. The predicted molar refractivity (Wildman–Crippen MR) is 391 cm³/mol. The Balaban J connectivity index is 5.17. The van der Waals surface area contributed by atoms with Crippen molar-refractivity contribution in [2.45, 2.75) is 414 Å². The molecule has 0 aliphatic carbocycles. The van der Waals surface area contributed by atoms with Crippen LogP contribution in [0.4, 0.5) is 0 Å². The maximum Gasteiger partial charge on any atom is 0.472 e. The molecule has 19 heteroatoms. The average Bonchev–Trinajstić information content (AvgIpc) is 1.27. The summed E-state index contributed by atoms with van der Waals surface area (Å²) in [4.78, 5) is 72.7. The smallest absolute Gasteiger partial charge is 0.462 e. The van der Waals surface area contributed by atoms with Gasteiger partial charge in [0, 0.05) is 25.7 Å². The first-order chi connectivity index (χ1) is 46.3. The zero-order valence-corrected chi connectivity index (χ0v) is 64.6. The van der Waals surface area contributed by atoms with E-state index < -0.39 is 97.5 Å². The summed E-state index contributed by atoms with van der Waals surface area (Å²) in [6.45, 7) is 11.9. The first-order valence-electron chi connectivity index (χ1n) is 39.9. The van der Waals surface area contributed by atoms with Crippen LogP contribution < -0.4 is 0 Å². The second kappa shape index (κ2) is 67.5. The number of phosphoric ester groups is 2. The summed E-state index contributed by atoms with van der Waals surface area (Å²) < 4.78 is 68.4. The second-order valence-corrected chi connectivity index (χ2v) is 31.8. The van der Waals surface area contributed by atoms with Gasteiger partial charge >= 0.3 is 39.5 Å². The molecule has 0 fully saturated rings. The predicted octanol–water partition coefficient (Wildman–Crippen LogP) is 22.6. The third kappa shape index (κ3) is 69.2. The van der Waals surface area contributed by atoms with Gasteiger partial charge in [0.05, 0.1) is 26.4 Å². The molecule has 0 aromatic rings. The number of esters is 4. The van der Waals surface area contributed by atoms with E-state index in [0.717, 1.165) is 108 Å². The van der Waals surface area contributed by atoms with Crippen LogP contribution in [0.15, 0.2) is 0 Å². The van der Waals surface area contributed by atoms with E-state index in [1.165, 1.54) is 199 Å². The second-order valence-electron chi connectivity index (χ2n) is 28.9. The third-order valence-corrected chi connectivity index (χ3v) is 20.1. The highest BCUT2D eigenvalue weighted by Gasteiger charge is 2.30. The molecule has 6 atom stereocenters. The molecule has 0 rings (SSSR count). The fourth-order valence-electron chi connectivity index (χ4n) is 11.7. The van der Waals surface area contributed by atoms with Crippen molar-refractivity contribution in [3.05, 3.63) is 0 Å². The van der Waals surface area contributed by atoms with Gasteiger partial charge in [0.25, 0.3) is 0 Å².